The first kappa shape index (κ1) is 19.1. The number of benzene rings is 1. The third-order valence-corrected chi connectivity index (χ3v) is 4.10. The molecule has 1 aromatic heterocycles. The summed E-state index contributed by atoms with van der Waals surface area (Å²) in [7, 11) is 3.27. The van der Waals surface area contributed by atoms with Gasteiger partial charge >= 0.3 is 6.03 Å². The molecule has 6 nitrogen and oxygen atoms in total. The smallest absolute Gasteiger partial charge is 0.317 e. The molecule has 0 aliphatic carbocycles. The topological polar surface area (TPSA) is 74.9 Å². The van der Waals surface area contributed by atoms with E-state index >= 15 is 0 Å². The average molecular weight is 367 g/mol. The van der Waals surface area contributed by atoms with Gasteiger partial charge in [-0.25, -0.2) is 4.79 Å². The van der Waals surface area contributed by atoms with Crippen LogP contribution in [0.4, 0.5) is 4.79 Å². The number of ether oxygens (including phenoxy) is 1. The minimum Gasteiger partial charge on any atom is -0.496 e. The molecule has 0 saturated heterocycles. The summed E-state index contributed by atoms with van der Waals surface area (Å²) in [6.07, 6.45) is 2.16. The fraction of sp³-hybridized carbons (Fsp3) is 0.389. The number of rotatable bonds is 8. The van der Waals surface area contributed by atoms with E-state index in [4.69, 9.17) is 20.8 Å². The molecule has 0 spiro atoms. The molecule has 2 aromatic rings. The molecular formula is C18H23ClN2O4. The van der Waals surface area contributed by atoms with E-state index in [0.717, 1.165) is 11.3 Å². The summed E-state index contributed by atoms with van der Waals surface area (Å²) in [5, 5.41) is 12.9. The highest BCUT2D eigenvalue weighted by Crippen LogP contribution is 2.23. The number of hydrogen-bond donors (Lipinski definition) is 2. The van der Waals surface area contributed by atoms with Crippen LogP contribution in [0.25, 0.3) is 0 Å². The molecule has 0 saturated carbocycles. The zero-order valence-electron chi connectivity index (χ0n) is 14.4. The molecule has 1 aromatic carbocycles. The van der Waals surface area contributed by atoms with Crippen molar-refractivity contribution in [3.05, 3.63) is 52.9 Å². The molecule has 1 heterocycles. The molecule has 7 heteroatoms. The molecule has 2 amide bonds. The van der Waals surface area contributed by atoms with Gasteiger partial charge < -0.3 is 24.5 Å². The van der Waals surface area contributed by atoms with Crippen LogP contribution in [0.1, 0.15) is 11.3 Å². The normalized spacial score (nSPS) is 11.8. The number of methoxy groups -OCH3 is 1. The summed E-state index contributed by atoms with van der Waals surface area (Å²) in [6, 6.07) is 8.70. The van der Waals surface area contributed by atoms with Gasteiger partial charge in [-0.3, -0.25) is 0 Å². The lowest BCUT2D eigenvalue weighted by Gasteiger charge is -2.21. The third kappa shape index (κ3) is 5.69. The maximum Gasteiger partial charge on any atom is 0.317 e. The minimum atomic E-state index is -0.236. The molecule has 25 heavy (non-hydrogen) atoms. The number of hydrogen-bond acceptors (Lipinski definition) is 4. The first-order valence-electron chi connectivity index (χ1n) is 7.98. The number of furan rings is 1. The number of urea groups is 1. The molecule has 0 fully saturated rings. The Hall–Kier alpha value is -2.18. The molecule has 0 aliphatic heterocycles. The van der Waals surface area contributed by atoms with Gasteiger partial charge in [-0.1, -0.05) is 11.6 Å². The van der Waals surface area contributed by atoms with Crippen LogP contribution in [0, 0.1) is 5.92 Å². The highest BCUT2D eigenvalue weighted by Gasteiger charge is 2.16. The van der Waals surface area contributed by atoms with Crippen molar-refractivity contribution in [3.8, 4) is 5.75 Å². The molecule has 1 atom stereocenters. The Morgan fingerprint density at radius 3 is 2.88 bits per heavy atom. The second-order valence-electron chi connectivity index (χ2n) is 5.83. The highest BCUT2D eigenvalue weighted by molar-refractivity contribution is 6.30. The Kier molecular flexibility index (Phi) is 7.16. The van der Waals surface area contributed by atoms with Gasteiger partial charge in [0.1, 0.15) is 11.5 Å². The van der Waals surface area contributed by atoms with Gasteiger partial charge in [-0.2, -0.15) is 0 Å². The van der Waals surface area contributed by atoms with Gasteiger partial charge in [-0.15, -0.1) is 0 Å². The van der Waals surface area contributed by atoms with E-state index in [9.17, 15) is 9.90 Å². The number of nitrogens with zero attached hydrogens (tertiary/aromatic N) is 1. The molecular weight excluding hydrogens is 344 g/mol. The van der Waals surface area contributed by atoms with Crippen LogP contribution >= 0.6 is 11.6 Å². The number of carbonyl (C=O) groups excluding carboxylic acids is 1. The number of nitrogens with one attached hydrogen (secondary N) is 1. The summed E-state index contributed by atoms with van der Waals surface area (Å²) in [6.45, 7) is 0.678. The second kappa shape index (κ2) is 9.34. The number of amides is 2. The van der Waals surface area contributed by atoms with Crippen LogP contribution < -0.4 is 10.1 Å². The third-order valence-electron chi connectivity index (χ3n) is 3.87. The zero-order chi connectivity index (χ0) is 18.2. The molecule has 0 bridgehead atoms. The van der Waals surface area contributed by atoms with E-state index in [0.29, 0.717) is 30.3 Å². The Bertz CT molecular complexity index is 676. The Balaban J connectivity index is 1.88. The number of aliphatic hydroxyl groups excluding tert-OH is 1. The SMILES string of the molecule is COc1ccc(Cl)cc1CN(C)C(=O)NC[C@@H](CO)Cc1ccco1. The van der Waals surface area contributed by atoms with Gasteiger partial charge in [0.25, 0.3) is 0 Å². The fourth-order valence-electron chi connectivity index (χ4n) is 2.48. The summed E-state index contributed by atoms with van der Waals surface area (Å²) >= 11 is 6.01. The largest absolute Gasteiger partial charge is 0.496 e. The van der Waals surface area contributed by atoms with Crippen LogP contribution in [0.5, 0.6) is 5.75 Å². The van der Waals surface area contributed by atoms with E-state index in [1.807, 2.05) is 6.07 Å². The maximum absolute atomic E-state index is 12.3. The molecule has 0 aliphatic rings. The van der Waals surface area contributed by atoms with Gasteiger partial charge in [0.2, 0.25) is 0 Å². The van der Waals surface area contributed by atoms with Crippen molar-refractivity contribution in [2.45, 2.75) is 13.0 Å². The van der Waals surface area contributed by atoms with Crippen molar-refractivity contribution in [1.29, 1.82) is 0 Å². The van der Waals surface area contributed by atoms with Crippen LogP contribution in [-0.2, 0) is 13.0 Å². The van der Waals surface area contributed by atoms with Crippen LogP contribution in [-0.4, -0.2) is 43.3 Å². The lowest BCUT2D eigenvalue weighted by Crippen LogP contribution is -2.40. The molecule has 0 unspecified atom stereocenters. The summed E-state index contributed by atoms with van der Waals surface area (Å²) in [5.41, 5.74) is 0.821. The molecule has 2 rings (SSSR count). The van der Waals surface area contributed by atoms with Crippen LogP contribution in [0.2, 0.25) is 5.02 Å². The van der Waals surface area contributed by atoms with E-state index in [1.54, 1.807) is 44.7 Å². The molecule has 0 radical (unpaired) electrons. The van der Waals surface area contributed by atoms with Gasteiger partial charge in [0.05, 0.1) is 19.9 Å². The van der Waals surface area contributed by atoms with E-state index in [1.165, 1.54) is 4.90 Å². The standard InChI is InChI=1S/C18H23ClN2O4/c1-21(11-14-9-15(19)5-6-17(14)24-2)18(23)20-10-13(12-22)8-16-4-3-7-25-16/h3-7,9,13,22H,8,10-12H2,1-2H3,(H,20,23)/t13-/m0/s1. The van der Waals surface area contributed by atoms with Crippen LogP contribution in [0.3, 0.4) is 0 Å². The zero-order valence-corrected chi connectivity index (χ0v) is 15.1. The fourth-order valence-corrected chi connectivity index (χ4v) is 2.67. The van der Waals surface area contributed by atoms with Crippen molar-refractivity contribution in [2.24, 2.45) is 5.92 Å². The molecule has 2 N–H and O–H groups in total. The molecule has 136 valence electrons. The van der Waals surface area contributed by atoms with Crippen molar-refractivity contribution < 1.29 is 19.1 Å². The number of aliphatic hydroxyl groups is 1. The van der Waals surface area contributed by atoms with Crippen molar-refractivity contribution >= 4 is 17.6 Å². The predicted molar refractivity (Wildman–Crippen MR) is 95.9 cm³/mol. The van der Waals surface area contributed by atoms with Crippen LogP contribution in [0.15, 0.2) is 41.0 Å². The Labute approximate surface area is 152 Å². The predicted octanol–water partition coefficient (Wildman–Crippen LogP) is 2.93. The van der Waals surface area contributed by atoms with E-state index < -0.39 is 0 Å². The lowest BCUT2D eigenvalue weighted by atomic mass is 10.1. The highest BCUT2D eigenvalue weighted by atomic mass is 35.5. The minimum absolute atomic E-state index is 0.0349. The summed E-state index contributed by atoms with van der Waals surface area (Å²) < 4.78 is 10.6. The Morgan fingerprint density at radius 2 is 2.24 bits per heavy atom. The van der Waals surface area contributed by atoms with Gasteiger partial charge in [0, 0.05) is 43.1 Å². The van der Waals surface area contributed by atoms with Gasteiger partial charge in [-0.05, 0) is 30.3 Å². The summed E-state index contributed by atoms with van der Waals surface area (Å²) in [5.74, 6) is 1.35. The summed E-state index contributed by atoms with van der Waals surface area (Å²) in [4.78, 5) is 13.8. The first-order chi connectivity index (χ1) is 12.0. The quantitative estimate of drug-likeness (QED) is 0.753. The second-order valence-corrected chi connectivity index (χ2v) is 6.27. The van der Waals surface area contributed by atoms with Crippen molar-refractivity contribution in [1.82, 2.24) is 10.2 Å². The van der Waals surface area contributed by atoms with Crippen molar-refractivity contribution in [2.75, 3.05) is 27.3 Å². The average Bonchev–Trinajstić information content (AvgIpc) is 3.11. The monoisotopic (exact) mass is 366 g/mol. The first-order valence-corrected chi connectivity index (χ1v) is 8.36. The Morgan fingerprint density at radius 1 is 1.44 bits per heavy atom. The van der Waals surface area contributed by atoms with Crippen molar-refractivity contribution in [3.63, 3.8) is 0 Å². The van der Waals surface area contributed by atoms with E-state index in [2.05, 4.69) is 5.32 Å². The lowest BCUT2D eigenvalue weighted by molar-refractivity contribution is 0.192. The number of halogens is 1. The van der Waals surface area contributed by atoms with E-state index in [-0.39, 0.29) is 18.6 Å². The maximum atomic E-state index is 12.3. The number of carbonyl (C=O) groups is 1. The van der Waals surface area contributed by atoms with Gasteiger partial charge in [0.15, 0.2) is 0 Å².